The highest BCUT2D eigenvalue weighted by Crippen LogP contribution is 2.21. The van der Waals surface area contributed by atoms with Gasteiger partial charge >= 0.3 is 0 Å². The van der Waals surface area contributed by atoms with Crippen LogP contribution in [0.1, 0.15) is 10.4 Å². The normalized spacial score (nSPS) is 10.4. The molecule has 8 heteroatoms. The van der Waals surface area contributed by atoms with Crippen molar-refractivity contribution in [3.05, 3.63) is 48.0 Å². The van der Waals surface area contributed by atoms with Crippen molar-refractivity contribution < 1.29 is 9.59 Å². The molecular formula is C15H13N5O2S. The molecule has 2 aromatic carbocycles. The van der Waals surface area contributed by atoms with Gasteiger partial charge in [0.05, 0.1) is 24.0 Å². The first-order valence-electron chi connectivity index (χ1n) is 6.78. The summed E-state index contributed by atoms with van der Waals surface area (Å²) in [6, 6.07) is 12.0. The molecular weight excluding hydrogens is 314 g/mol. The summed E-state index contributed by atoms with van der Waals surface area (Å²) in [5, 5.41) is 5.77. The Labute approximate surface area is 135 Å². The number of carbonyl (C=O) groups excluding carboxylic acids is 2. The zero-order valence-electron chi connectivity index (χ0n) is 11.9. The molecule has 0 aliphatic rings. The van der Waals surface area contributed by atoms with Crippen molar-refractivity contribution in [2.75, 3.05) is 17.2 Å². The number of amides is 2. The van der Waals surface area contributed by atoms with E-state index in [9.17, 15) is 9.59 Å². The van der Waals surface area contributed by atoms with Gasteiger partial charge in [0, 0.05) is 11.3 Å². The second kappa shape index (κ2) is 6.41. The van der Waals surface area contributed by atoms with E-state index in [1.54, 1.807) is 30.3 Å². The van der Waals surface area contributed by atoms with Gasteiger partial charge in [-0.05, 0) is 36.4 Å². The molecule has 0 fully saturated rings. The van der Waals surface area contributed by atoms with Crippen LogP contribution in [0.3, 0.4) is 0 Å². The zero-order valence-corrected chi connectivity index (χ0v) is 12.8. The molecule has 1 aromatic heterocycles. The molecule has 1 heterocycles. The molecule has 0 radical (unpaired) electrons. The number of carbonyl (C=O) groups is 2. The van der Waals surface area contributed by atoms with E-state index in [1.165, 1.54) is 0 Å². The van der Waals surface area contributed by atoms with Crippen molar-refractivity contribution in [3.8, 4) is 0 Å². The van der Waals surface area contributed by atoms with Crippen LogP contribution in [0, 0.1) is 0 Å². The standard InChI is InChI=1S/C15H13N5O2S/c16-15(22)9-4-6-10(7-5-9)17-8-13(21)18-11-2-1-3-12-14(11)20-23-19-12/h1-7,17H,8H2,(H2,16,22)(H,18,21). The molecule has 2 amide bonds. The summed E-state index contributed by atoms with van der Waals surface area (Å²) in [5.41, 5.74) is 8.38. The Balaban J connectivity index is 1.61. The number of nitrogens with zero attached hydrogens (tertiary/aromatic N) is 2. The zero-order chi connectivity index (χ0) is 16.2. The molecule has 0 aliphatic carbocycles. The summed E-state index contributed by atoms with van der Waals surface area (Å²) >= 11 is 1.10. The Hall–Kier alpha value is -3.00. The monoisotopic (exact) mass is 327 g/mol. The van der Waals surface area contributed by atoms with E-state index in [1.807, 2.05) is 12.1 Å². The molecule has 4 N–H and O–H groups in total. The molecule has 0 atom stereocenters. The van der Waals surface area contributed by atoms with Crippen LogP contribution in [0.15, 0.2) is 42.5 Å². The summed E-state index contributed by atoms with van der Waals surface area (Å²) in [4.78, 5) is 23.0. The second-order valence-corrected chi connectivity index (χ2v) is 5.31. The molecule has 23 heavy (non-hydrogen) atoms. The van der Waals surface area contributed by atoms with Gasteiger partial charge in [0.25, 0.3) is 0 Å². The minimum absolute atomic E-state index is 0.0872. The van der Waals surface area contributed by atoms with Crippen molar-refractivity contribution in [2.45, 2.75) is 0 Å². The van der Waals surface area contributed by atoms with Gasteiger partial charge in [-0.2, -0.15) is 8.75 Å². The minimum Gasteiger partial charge on any atom is -0.376 e. The molecule has 3 rings (SSSR count). The fourth-order valence-corrected chi connectivity index (χ4v) is 2.59. The van der Waals surface area contributed by atoms with E-state index in [0.29, 0.717) is 16.8 Å². The predicted molar refractivity (Wildman–Crippen MR) is 89.5 cm³/mol. The maximum absolute atomic E-state index is 12.0. The van der Waals surface area contributed by atoms with Crippen LogP contribution in [-0.2, 0) is 4.79 Å². The third-order valence-corrected chi connectivity index (χ3v) is 3.73. The third kappa shape index (κ3) is 3.43. The minimum atomic E-state index is -0.487. The molecule has 0 bridgehead atoms. The third-order valence-electron chi connectivity index (χ3n) is 3.18. The summed E-state index contributed by atoms with van der Waals surface area (Å²) in [7, 11) is 0. The van der Waals surface area contributed by atoms with Crippen molar-refractivity contribution in [1.29, 1.82) is 0 Å². The van der Waals surface area contributed by atoms with Gasteiger partial charge in [-0.25, -0.2) is 0 Å². The summed E-state index contributed by atoms with van der Waals surface area (Å²) in [5.74, 6) is -0.691. The average molecular weight is 327 g/mol. The van der Waals surface area contributed by atoms with E-state index >= 15 is 0 Å². The van der Waals surface area contributed by atoms with E-state index in [2.05, 4.69) is 19.4 Å². The largest absolute Gasteiger partial charge is 0.376 e. The van der Waals surface area contributed by atoms with Crippen molar-refractivity contribution in [3.63, 3.8) is 0 Å². The van der Waals surface area contributed by atoms with Crippen LogP contribution < -0.4 is 16.4 Å². The van der Waals surface area contributed by atoms with Gasteiger partial charge in [-0.1, -0.05) is 6.07 Å². The summed E-state index contributed by atoms with van der Waals surface area (Å²) in [6.45, 7) is 0.0872. The first-order chi connectivity index (χ1) is 11.1. The number of fused-ring (bicyclic) bond motifs is 1. The number of benzene rings is 2. The molecule has 116 valence electrons. The Morgan fingerprint density at radius 2 is 1.87 bits per heavy atom. The van der Waals surface area contributed by atoms with Crippen LogP contribution in [0.2, 0.25) is 0 Å². The van der Waals surface area contributed by atoms with Gasteiger partial charge in [0.15, 0.2) is 0 Å². The number of aromatic nitrogens is 2. The second-order valence-electron chi connectivity index (χ2n) is 4.78. The lowest BCUT2D eigenvalue weighted by Gasteiger charge is -2.08. The van der Waals surface area contributed by atoms with E-state index in [0.717, 1.165) is 22.9 Å². The van der Waals surface area contributed by atoms with Gasteiger partial charge < -0.3 is 16.4 Å². The Morgan fingerprint density at radius 1 is 1.09 bits per heavy atom. The fourth-order valence-electron chi connectivity index (χ4n) is 2.04. The van der Waals surface area contributed by atoms with Crippen LogP contribution >= 0.6 is 11.7 Å². The van der Waals surface area contributed by atoms with Crippen molar-refractivity contribution in [1.82, 2.24) is 8.75 Å². The highest BCUT2D eigenvalue weighted by molar-refractivity contribution is 7.00. The molecule has 0 spiro atoms. The van der Waals surface area contributed by atoms with Gasteiger partial charge in [-0.15, -0.1) is 0 Å². The number of hydrogen-bond acceptors (Lipinski definition) is 6. The smallest absolute Gasteiger partial charge is 0.248 e. The quantitative estimate of drug-likeness (QED) is 0.662. The van der Waals surface area contributed by atoms with Gasteiger partial charge in [-0.3, -0.25) is 9.59 Å². The molecule has 3 aromatic rings. The Kier molecular flexibility index (Phi) is 4.15. The summed E-state index contributed by atoms with van der Waals surface area (Å²) < 4.78 is 8.30. The molecule has 0 aliphatic heterocycles. The first kappa shape index (κ1) is 14.9. The van der Waals surface area contributed by atoms with Crippen molar-refractivity contribution >= 4 is 46.0 Å². The Bertz CT molecular complexity index is 860. The lowest BCUT2D eigenvalue weighted by atomic mass is 10.2. The number of hydrogen-bond donors (Lipinski definition) is 3. The maximum Gasteiger partial charge on any atom is 0.248 e. The molecule has 0 saturated carbocycles. The molecule has 0 unspecified atom stereocenters. The van der Waals surface area contributed by atoms with Crippen LogP contribution in [0.5, 0.6) is 0 Å². The van der Waals surface area contributed by atoms with Crippen LogP contribution in [0.25, 0.3) is 11.0 Å². The SMILES string of the molecule is NC(=O)c1ccc(NCC(=O)Nc2cccc3nsnc23)cc1. The molecule has 7 nitrogen and oxygen atoms in total. The van der Waals surface area contributed by atoms with Crippen molar-refractivity contribution in [2.24, 2.45) is 5.73 Å². The van der Waals surface area contributed by atoms with Gasteiger partial charge in [0.2, 0.25) is 11.8 Å². The van der Waals surface area contributed by atoms with Crippen LogP contribution in [-0.4, -0.2) is 27.1 Å². The van der Waals surface area contributed by atoms with Crippen LogP contribution in [0.4, 0.5) is 11.4 Å². The predicted octanol–water partition coefficient (Wildman–Crippen LogP) is 1.84. The lowest BCUT2D eigenvalue weighted by molar-refractivity contribution is -0.114. The maximum atomic E-state index is 12.0. The number of nitrogens with two attached hydrogens (primary N) is 1. The fraction of sp³-hybridized carbons (Fsp3) is 0.0667. The van der Waals surface area contributed by atoms with Gasteiger partial charge in [0.1, 0.15) is 11.0 Å². The topological polar surface area (TPSA) is 110 Å². The van der Waals surface area contributed by atoms with E-state index in [4.69, 9.17) is 5.73 Å². The van der Waals surface area contributed by atoms with E-state index < -0.39 is 5.91 Å². The molecule has 0 saturated heterocycles. The number of anilines is 2. The van der Waals surface area contributed by atoms with E-state index in [-0.39, 0.29) is 12.5 Å². The first-order valence-corrected chi connectivity index (χ1v) is 7.51. The number of rotatable bonds is 5. The highest BCUT2D eigenvalue weighted by Gasteiger charge is 2.08. The number of primary amides is 1. The number of nitrogens with one attached hydrogen (secondary N) is 2. The average Bonchev–Trinajstić information content (AvgIpc) is 3.03. The Morgan fingerprint density at radius 3 is 2.61 bits per heavy atom. The highest BCUT2D eigenvalue weighted by atomic mass is 32.1. The lowest BCUT2D eigenvalue weighted by Crippen LogP contribution is -2.22. The summed E-state index contributed by atoms with van der Waals surface area (Å²) in [6.07, 6.45) is 0.